The minimum absolute atomic E-state index is 0.112. The Morgan fingerprint density at radius 2 is 2.29 bits per heavy atom. The molecule has 0 amide bonds. The van der Waals surface area contributed by atoms with Gasteiger partial charge in [-0.1, -0.05) is 24.6 Å². The molecule has 5 heteroatoms. The van der Waals surface area contributed by atoms with Crippen LogP contribution in [0.15, 0.2) is 18.2 Å². The highest BCUT2D eigenvalue weighted by Crippen LogP contribution is 2.28. The summed E-state index contributed by atoms with van der Waals surface area (Å²) >= 11 is 7.75. The molecule has 0 atom stereocenters. The van der Waals surface area contributed by atoms with Crippen LogP contribution < -0.4 is 4.74 Å². The monoisotopic (exact) mass is 274 g/mol. The maximum absolute atomic E-state index is 11.0. The molecule has 17 heavy (non-hydrogen) atoms. The quantitative estimate of drug-likeness (QED) is 0.772. The Bertz CT molecular complexity index is 382. The summed E-state index contributed by atoms with van der Waals surface area (Å²) in [7, 11) is 0. The number of carboxylic acids is 1. The number of aromatic carboxylic acids is 1. The summed E-state index contributed by atoms with van der Waals surface area (Å²) in [4.78, 5) is 11.0. The van der Waals surface area contributed by atoms with Gasteiger partial charge < -0.3 is 9.84 Å². The smallest absolute Gasteiger partial charge is 0.339 e. The van der Waals surface area contributed by atoms with Crippen LogP contribution in [0.2, 0.25) is 5.02 Å². The molecule has 0 fully saturated rings. The molecular formula is C12H15ClO3S. The van der Waals surface area contributed by atoms with E-state index in [1.165, 1.54) is 6.07 Å². The topological polar surface area (TPSA) is 46.5 Å². The SMILES string of the molecule is CCSCCCOc1c(Cl)cccc1C(=O)O. The first kappa shape index (κ1) is 14.2. The number of halogens is 1. The number of hydrogen-bond acceptors (Lipinski definition) is 3. The van der Waals surface area contributed by atoms with E-state index in [2.05, 4.69) is 6.92 Å². The molecule has 0 bridgehead atoms. The maximum Gasteiger partial charge on any atom is 0.339 e. The van der Waals surface area contributed by atoms with Crippen LogP contribution in [0.5, 0.6) is 5.75 Å². The Kier molecular flexibility index (Phi) is 6.22. The van der Waals surface area contributed by atoms with Crippen LogP contribution in [0, 0.1) is 0 Å². The van der Waals surface area contributed by atoms with E-state index in [1.54, 1.807) is 12.1 Å². The molecule has 0 saturated heterocycles. The van der Waals surface area contributed by atoms with E-state index in [9.17, 15) is 4.79 Å². The number of para-hydroxylation sites is 1. The van der Waals surface area contributed by atoms with E-state index in [0.717, 1.165) is 17.9 Å². The number of benzene rings is 1. The van der Waals surface area contributed by atoms with E-state index < -0.39 is 5.97 Å². The number of rotatable bonds is 7. The lowest BCUT2D eigenvalue weighted by molar-refractivity contribution is 0.0692. The van der Waals surface area contributed by atoms with E-state index in [1.807, 2.05) is 11.8 Å². The van der Waals surface area contributed by atoms with Crippen molar-refractivity contribution in [3.63, 3.8) is 0 Å². The number of ether oxygens (including phenoxy) is 1. The third kappa shape index (κ3) is 4.48. The number of carboxylic acid groups (broad SMARTS) is 1. The second-order valence-electron chi connectivity index (χ2n) is 3.32. The second kappa shape index (κ2) is 7.45. The molecule has 0 spiro atoms. The lowest BCUT2D eigenvalue weighted by atomic mass is 10.2. The fourth-order valence-electron chi connectivity index (χ4n) is 1.30. The van der Waals surface area contributed by atoms with Gasteiger partial charge in [0.2, 0.25) is 0 Å². The van der Waals surface area contributed by atoms with Gasteiger partial charge in [0.15, 0.2) is 5.75 Å². The van der Waals surface area contributed by atoms with Gasteiger partial charge in [-0.3, -0.25) is 0 Å². The molecule has 0 unspecified atom stereocenters. The van der Waals surface area contributed by atoms with Crippen LogP contribution in [0.3, 0.4) is 0 Å². The van der Waals surface area contributed by atoms with Gasteiger partial charge in [0.25, 0.3) is 0 Å². The minimum Gasteiger partial charge on any atom is -0.491 e. The average Bonchev–Trinajstić information content (AvgIpc) is 2.30. The third-order valence-corrected chi connectivity index (χ3v) is 3.36. The molecule has 1 rings (SSSR count). The van der Waals surface area contributed by atoms with Gasteiger partial charge in [0, 0.05) is 0 Å². The summed E-state index contributed by atoms with van der Waals surface area (Å²) in [6.07, 6.45) is 0.878. The summed E-state index contributed by atoms with van der Waals surface area (Å²) in [6, 6.07) is 4.72. The molecule has 0 aliphatic rings. The Balaban J connectivity index is 2.60. The molecule has 0 saturated carbocycles. The zero-order valence-electron chi connectivity index (χ0n) is 9.61. The zero-order chi connectivity index (χ0) is 12.7. The van der Waals surface area contributed by atoms with Gasteiger partial charge >= 0.3 is 5.97 Å². The standard InChI is InChI=1S/C12H15ClO3S/c1-2-17-8-4-7-16-11-9(12(14)15)5-3-6-10(11)13/h3,5-6H,2,4,7-8H2,1H3,(H,14,15). The Labute approximate surface area is 110 Å². The molecule has 0 aromatic heterocycles. The average molecular weight is 275 g/mol. The predicted octanol–water partition coefficient (Wildman–Crippen LogP) is 3.56. The molecule has 0 radical (unpaired) electrons. The second-order valence-corrected chi connectivity index (χ2v) is 5.12. The van der Waals surface area contributed by atoms with Crippen molar-refractivity contribution in [1.82, 2.24) is 0 Å². The van der Waals surface area contributed by atoms with Crippen LogP contribution in [-0.2, 0) is 0 Å². The molecule has 0 heterocycles. The maximum atomic E-state index is 11.0. The number of carbonyl (C=O) groups is 1. The highest BCUT2D eigenvalue weighted by Gasteiger charge is 2.14. The van der Waals surface area contributed by atoms with Crippen LogP contribution in [0.1, 0.15) is 23.7 Å². The van der Waals surface area contributed by atoms with Crippen molar-refractivity contribution in [1.29, 1.82) is 0 Å². The van der Waals surface area contributed by atoms with Gasteiger partial charge in [-0.15, -0.1) is 0 Å². The fraction of sp³-hybridized carbons (Fsp3) is 0.417. The molecule has 1 aromatic carbocycles. The van der Waals surface area contributed by atoms with E-state index in [4.69, 9.17) is 21.4 Å². The predicted molar refractivity (Wildman–Crippen MR) is 71.5 cm³/mol. The van der Waals surface area contributed by atoms with Gasteiger partial charge in [-0.05, 0) is 30.1 Å². The van der Waals surface area contributed by atoms with Crippen molar-refractivity contribution in [3.8, 4) is 5.75 Å². The van der Waals surface area contributed by atoms with E-state index >= 15 is 0 Å². The Morgan fingerprint density at radius 3 is 2.94 bits per heavy atom. The summed E-state index contributed by atoms with van der Waals surface area (Å²) in [5.74, 6) is 1.32. The highest BCUT2D eigenvalue weighted by molar-refractivity contribution is 7.99. The number of hydrogen-bond donors (Lipinski definition) is 1. The normalized spacial score (nSPS) is 10.2. The van der Waals surface area contributed by atoms with Crippen LogP contribution in [-0.4, -0.2) is 29.2 Å². The minimum atomic E-state index is -1.02. The summed E-state index contributed by atoms with van der Waals surface area (Å²) in [6.45, 7) is 2.58. The first-order valence-electron chi connectivity index (χ1n) is 5.39. The lowest BCUT2D eigenvalue weighted by Gasteiger charge is -2.10. The van der Waals surface area contributed by atoms with Crippen molar-refractivity contribution in [3.05, 3.63) is 28.8 Å². The number of thioether (sulfide) groups is 1. The van der Waals surface area contributed by atoms with Gasteiger partial charge in [0.1, 0.15) is 5.56 Å². The molecule has 3 nitrogen and oxygen atoms in total. The van der Waals surface area contributed by atoms with Gasteiger partial charge in [0.05, 0.1) is 11.6 Å². The van der Waals surface area contributed by atoms with Crippen molar-refractivity contribution >= 4 is 29.3 Å². The zero-order valence-corrected chi connectivity index (χ0v) is 11.2. The molecule has 0 aliphatic carbocycles. The van der Waals surface area contributed by atoms with Crippen molar-refractivity contribution in [2.45, 2.75) is 13.3 Å². The molecular weight excluding hydrogens is 260 g/mol. The van der Waals surface area contributed by atoms with Crippen LogP contribution >= 0.6 is 23.4 Å². The largest absolute Gasteiger partial charge is 0.491 e. The van der Waals surface area contributed by atoms with Crippen molar-refractivity contribution in [2.24, 2.45) is 0 Å². The van der Waals surface area contributed by atoms with Gasteiger partial charge in [-0.2, -0.15) is 11.8 Å². The Morgan fingerprint density at radius 1 is 1.53 bits per heavy atom. The summed E-state index contributed by atoms with van der Waals surface area (Å²) in [5, 5.41) is 9.33. The molecule has 1 N–H and O–H groups in total. The molecule has 94 valence electrons. The first-order chi connectivity index (χ1) is 8.16. The first-order valence-corrected chi connectivity index (χ1v) is 6.92. The summed E-state index contributed by atoms with van der Waals surface area (Å²) in [5.41, 5.74) is 0.112. The van der Waals surface area contributed by atoms with Crippen molar-refractivity contribution in [2.75, 3.05) is 18.1 Å². The van der Waals surface area contributed by atoms with Crippen LogP contribution in [0.4, 0.5) is 0 Å². The third-order valence-electron chi connectivity index (χ3n) is 2.08. The Hall–Kier alpha value is -0.870. The van der Waals surface area contributed by atoms with E-state index in [0.29, 0.717) is 11.6 Å². The van der Waals surface area contributed by atoms with Crippen molar-refractivity contribution < 1.29 is 14.6 Å². The molecule has 1 aromatic rings. The van der Waals surface area contributed by atoms with Gasteiger partial charge in [-0.25, -0.2) is 4.79 Å². The molecule has 0 aliphatic heterocycles. The summed E-state index contributed by atoms with van der Waals surface area (Å²) < 4.78 is 5.45. The lowest BCUT2D eigenvalue weighted by Crippen LogP contribution is -2.05. The highest BCUT2D eigenvalue weighted by atomic mass is 35.5. The fourth-order valence-corrected chi connectivity index (χ4v) is 2.14. The van der Waals surface area contributed by atoms with E-state index in [-0.39, 0.29) is 11.3 Å². The van der Waals surface area contributed by atoms with Crippen LogP contribution in [0.25, 0.3) is 0 Å².